The van der Waals surface area contributed by atoms with Gasteiger partial charge in [0, 0.05) is 46.3 Å². The van der Waals surface area contributed by atoms with Gasteiger partial charge in [-0.2, -0.15) is 0 Å². The van der Waals surface area contributed by atoms with Crippen LogP contribution in [0.25, 0.3) is 0 Å². The number of rotatable bonds is 10. The summed E-state index contributed by atoms with van der Waals surface area (Å²) in [7, 11) is 1.67. The molecule has 1 saturated heterocycles. The molecule has 8 heteroatoms. The third-order valence-corrected chi connectivity index (χ3v) is 7.47. The van der Waals surface area contributed by atoms with Gasteiger partial charge in [-0.3, -0.25) is 14.5 Å². The zero-order valence-corrected chi connectivity index (χ0v) is 20.7. The predicted molar refractivity (Wildman–Crippen MR) is 130 cm³/mol. The first-order valence-corrected chi connectivity index (χ1v) is 12.6. The van der Waals surface area contributed by atoms with Gasteiger partial charge in [0.1, 0.15) is 11.9 Å². The van der Waals surface area contributed by atoms with E-state index in [2.05, 4.69) is 10.2 Å². The molecule has 0 spiro atoms. The van der Waals surface area contributed by atoms with Crippen molar-refractivity contribution in [3.8, 4) is 0 Å². The largest absolute Gasteiger partial charge is 0.383 e. The van der Waals surface area contributed by atoms with E-state index in [1.54, 1.807) is 24.1 Å². The van der Waals surface area contributed by atoms with Crippen molar-refractivity contribution >= 4 is 11.8 Å². The molecule has 0 bridgehead atoms. The highest BCUT2D eigenvalue weighted by Crippen LogP contribution is 2.28. The number of methoxy groups -OCH3 is 1. The van der Waals surface area contributed by atoms with Crippen LogP contribution in [-0.2, 0) is 20.9 Å². The van der Waals surface area contributed by atoms with Crippen LogP contribution in [0, 0.1) is 17.7 Å². The summed E-state index contributed by atoms with van der Waals surface area (Å²) < 4.78 is 18.7. The van der Waals surface area contributed by atoms with Crippen LogP contribution in [0.2, 0.25) is 0 Å². The number of hydrogen-bond donors (Lipinski definition) is 2. The summed E-state index contributed by atoms with van der Waals surface area (Å²) in [5.74, 6) is 0.608. The Kier molecular flexibility index (Phi) is 10.3. The molecule has 0 radical (unpaired) electrons. The fourth-order valence-corrected chi connectivity index (χ4v) is 5.49. The van der Waals surface area contributed by atoms with Crippen LogP contribution in [0.3, 0.4) is 0 Å². The first kappa shape index (κ1) is 26.6. The zero-order valence-electron chi connectivity index (χ0n) is 20.7. The van der Waals surface area contributed by atoms with E-state index in [0.29, 0.717) is 57.6 Å². The van der Waals surface area contributed by atoms with E-state index in [4.69, 9.17) is 10.5 Å². The van der Waals surface area contributed by atoms with Crippen LogP contribution in [0.1, 0.15) is 51.0 Å². The Hall–Kier alpha value is -2.03. The van der Waals surface area contributed by atoms with Crippen LogP contribution < -0.4 is 11.1 Å². The van der Waals surface area contributed by atoms with Gasteiger partial charge in [0.2, 0.25) is 11.8 Å². The van der Waals surface area contributed by atoms with Gasteiger partial charge in [-0.15, -0.1) is 0 Å². The van der Waals surface area contributed by atoms with Gasteiger partial charge in [-0.05, 0) is 68.2 Å². The average Bonchev–Trinajstić information content (AvgIpc) is 2.86. The zero-order chi connectivity index (χ0) is 24.5. The number of benzene rings is 1. The minimum Gasteiger partial charge on any atom is -0.383 e. The number of likely N-dealkylation sites (tertiary alicyclic amines) is 1. The van der Waals surface area contributed by atoms with Gasteiger partial charge in [0.25, 0.3) is 0 Å². The molecule has 3 N–H and O–H groups in total. The molecule has 1 aromatic carbocycles. The lowest BCUT2D eigenvalue weighted by Gasteiger charge is -2.42. The quantitative estimate of drug-likeness (QED) is 0.542. The van der Waals surface area contributed by atoms with Gasteiger partial charge in [0.15, 0.2) is 0 Å². The highest BCUT2D eigenvalue weighted by molar-refractivity contribution is 5.87. The molecule has 1 aromatic rings. The predicted octanol–water partition coefficient (Wildman–Crippen LogP) is 2.53. The monoisotopic (exact) mass is 476 g/mol. The number of hydrogen-bond acceptors (Lipinski definition) is 5. The summed E-state index contributed by atoms with van der Waals surface area (Å²) in [6.45, 7) is 5.34. The molecule has 3 rings (SSSR count). The summed E-state index contributed by atoms with van der Waals surface area (Å²) in [5.41, 5.74) is 6.88. The molecule has 2 aliphatic rings. The van der Waals surface area contributed by atoms with E-state index in [-0.39, 0.29) is 23.7 Å². The number of ether oxygens (including phenoxy) is 1. The van der Waals surface area contributed by atoms with E-state index in [1.807, 2.05) is 0 Å². The van der Waals surface area contributed by atoms with Crippen molar-refractivity contribution in [2.75, 3.05) is 39.9 Å². The summed E-state index contributed by atoms with van der Waals surface area (Å²) in [6, 6.07) is 6.18. The number of amides is 2. The average molecular weight is 477 g/mol. The first-order valence-electron chi connectivity index (χ1n) is 12.6. The number of carbonyl (C=O) groups excluding carboxylic acids is 2. The minimum atomic E-state index is -0.483. The van der Waals surface area contributed by atoms with Crippen molar-refractivity contribution in [1.82, 2.24) is 15.1 Å². The van der Waals surface area contributed by atoms with Crippen molar-refractivity contribution in [1.29, 1.82) is 0 Å². The van der Waals surface area contributed by atoms with Crippen LogP contribution in [0.15, 0.2) is 24.3 Å². The number of carbonyl (C=O) groups is 2. The Morgan fingerprint density at radius 3 is 2.59 bits per heavy atom. The molecule has 190 valence electrons. The standard InChI is InChI=1S/C26H41FN4O3/c1-19(32)31-11-10-24(30(12-13-34-2)18-20-6-8-23(27)9-7-20)15-25(31)26(33)29-17-22-5-3-4-21(14-22)16-28/h6-9,21-22,24-25H,3-5,10-18,28H2,1-2H3,(H,29,33)/t21?,22?,24?,25-/m1/s1. The minimum absolute atomic E-state index is 0.0664. The lowest BCUT2D eigenvalue weighted by Crippen LogP contribution is -2.57. The molecule has 1 heterocycles. The second kappa shape index (κ2) is 13.2. The summed E-state index contributed by atoms with van der Waals surface area (Å²) in [5, 5.41) is 3.15. The lowest BCUT2D eigenvalue weighted by atomic mass is 9.81. The van der Waals surface area contributed by atoms with Crippen molar-refractivity contribution in [3.05, 3.63) is 35.6 Å². The van der Waals surface area contributed by atoms with Gasteiger partial charge in [-0.25, -0.2) is 4.39 Å². The molecule has 0 aromatic heterocycles. The van der Waals surface area contributed by atoms with Gasteiger partial charge < -0.3 is 20.7 Å². The van der Waals surface area contributed by atoms with E-state index in [0.717, 1.165) is 31.2 Å². The Balaban J connectivity index is 1.65. The highest BCUT2D eigenvalue weighted by atomic mass is 19.1. The van der Waals surface area contributed by atoms with E-state index < -0.39 is 6.04 Å². The second-order valence-electron chi connectivity index (χ2n) is 9.88. The van der Waals surface area contributed by atoms with Crippen LogP contribution in [0.5, 0.6) is 0 Å². The normalized spacial score (nSPS) is 25.4. The van der Waals surface area contributed by atoms with Crippen molar-refractivity contribution in [2.45, 2.75) is 64.1 Å². The molecule has 2 amide bonds. The van der Waals surface area contributed by atoms with Crippen LogP contribution in [-0.4, -0.2) is 73.6 Å². The van der Waals surface area contributed by atoms with Gasteiger partial charge >= 0.3 is 0 Å². The Labute approximate surface area is 203 Å². The molecule has 34 heavy (non-hydrogen) atoms. The maximum Gasteiger partial charge on any atom is 0.242 e. The van der Waals surface area contributed by atoms with Crippen LogP contribution >= 0.6 is 0 Å². The van der Waals surface area contributed by atoms with E-state index >= 15 is 0 Å². The molecular weight excluding hydrogens is 435 g/mol. The van der Waals surface area contributed by atoms with E-state index in [9.17, 15) is 14.0 Å². The molecule has 1 aliphatic heterocycles. The third kappa shape index (κ3) is 7.48. The smallest absolute Gasteiger partial charge is 0.242 e. The highest BCUT2D eigenvalue weighted by Gasteiger charge is 2.37. The number of halogens is 1. The molecule has 2 fully saturated rings. The third-order valence-electron chi connectivity index (χ3n) is 7.47. The number of piperidine rings is 1. The summed E-state index contributed by atoms with van der Waals surface area (Å²) >= 11 is 0. The summed E-state index contributed by atoms with van der Waals surface area (Å²) in [6.07, 6.45) is 5.87. The molecule has 1 aliphatic carbocycles. The van der Waals surface area contributed by atoms with Crippen molar-refractivity contribution < 1.29 is 18.7 Å². The topological polar surface area (TPSA) is 87.9 Å². The van der Waals surface area contributed by atoms with Crippen molar-refractivity contribution in [2.24, 2.45) is 17.6 Å². The SMILES string of the molecule is COCCN(Cc1ccc(F)cc1)C1CCN(C(C)=O)[C@@H](C(=O)NCC2CCCC(CN)C2)C1. The van der Waals surface area contributed by atoms with Crippen LogP contribution in [0.4, 0.5) is 4.39 Å². The molecule has 4 atom stereocenters. The molecule has 3 unspecified atom stereocenters. The Morgan fingerprint density at radius 1 is 1.18 bits per heavy atom. The summed E-state index contributed by atoms with van der Waals surface area (Å²) in [4.78, 5) is 29.6. The fourth-order valence-electron chi connectivity index (χ4n) is 5.49. The molecule has 7 nitrogen and oxygen atoms in total. The molecule has 1 saturated carbocycles. The van der Waals surface area contributed by atoms with Gasteiger partial charge in [0.05, 0.1) is 6.61 Å². The molecular formula is C26H41FN4O3. The van der Waals surface area contributed by atoms with Gasteiger partial charge in [-0.1, -0.05) is 18.6 Å². The van der Waals surface area contributed by atoms with Crippen molar-refractivity contribution in [3.63, 3.8) is 0 Å². The Bertz CT molecular complexity index is 791. The second-order valence-corrected chi connectivity index (χ2v) is 9.88. The number of nitrogens with two attached hydrogens (primary N) is 1. The lowest BCUT2D eigenvalue weighted by molar-refractivity contribution is -0.142. The Morgan fingerprint density at radius 2 is 1.91 bits per heavy atom. The maximum atomic E-state index is 13.4. The fraction of sp³-hybridized carbons (Fsp3) is 0.692. The number of nitrogens with zero attached hydrogens (tertiary/aromatic N) is 2. The maximum absolute atomic E-state index is 13.4. The number of nitrogens with one attached hydrogen (secondary N) is 1. The first-order chi connectivity index (χ1) is 16.4. The van der Waals surface area contributed by atoms with E-state index in [1.165, 1.54) is 25.5 Å².